The van der Waals surface area contributed by atoms with Gasteiger partial charge in [-0.25, -0.2) is 18.0 Å². The number of amides is 2. The van der Waals surface area contributed by atoms with Gasteiger partial charge >= 0.3 is 6.09 Å². The molecule has 0 unspecified atom stereocenters. The number of carbonyl (C=O) groups excluding carboxylic acids is 2. The molecule has 1 N–H and O–H groups in total. The highest BCUT2D eigenvalue weighted by atomic mass is 19.2. The van der Waals surface area contributed by atoms with Crippen LogP contribution < -0.4 is 5.32 Å². The molecule has 0 spiro atoms. The quantitative estimate of drug-likeness (QED) is 0.838. The van der Waals surface area contributed by atoms with Gasteiger partial charge in [0.25, 0.3) is 0 Å². The predicted octanol–water partition coefficient (Wildman–Crippen LogP) is 2.21. The first-order valence-electron chi connectivity index (χ1n) is 7.95. The zero-order valence-corrected chi connectivity index (χ0v) is 14.0. The number of hydrogen-bond donors (Lipinski definition) is 1. The van der Waals surface area contributed by atoms with Crippen molar-refractivity contribution in [3.8, 4) is 0 Å². The molecule has 25 heavy (non-hydrogen) atoms. The standard InChI is InChI=1S/C16H20F3N3O3/c1-3-25-16(24)22-8-6-21(7-9-22)10(2)15(23)20-12-5-4-11(17)13(18)14(12)19/h4-5,10H,3,6-9H2,1-2H3,(H,20,23)/t10-/m0/s1. The van der Waals surface area contributed by atoms with Gasteiger partial charge in [0, 0.05) is 26.2 Å². The number of carbonyl (C=O) groups is 2. The molecule has 1 heterocycles. The molecule has 9 heteroatoms. The molecule has 1 atom stereocenters. The van der Waals surface area contributed by atoms with Gasteiger partial charge in [0.1, 0.15) is 0 Å². The molecule has 0 radical (unpaired) electrons. The summed E-state index contributed by atoms with van der Waals surface area (Å²) in [6, 6.07) is 1.09. The van der Waals surface area contributed by atoms with Gasteiger partial charge in [0.15, 0.2) is 17.5 Å². The summed E-state index contributed by atoms with van der Waals surface area (Å²) in [6.07, 6.45) is -0.400. The maximum atomic E-state index is 13.6. The van der Waals surface area contributed by atoms with E-state index in [4.69, 9.17) is 4.74 Å². The summed E-state index contributed by atoms with van der Waals surface area (Å²) in [6.45, 7) is 5.30. The molecular formula is C16H20F3N3O3. The van der Waals surface area contributed by atoms with Crippen LogP contribution in [0.1, 0.15) is 13.8 Å². The van der Waals surface area contributed by atoms with Crippen molar-refractivity contribution >= 4 is 17.7 Å². The predicted molar refractivity (Wildman–Crippen MR) is 84.6 cm³/mol. The fraction of sp³-hybridized carbons (Fsp3) is 0.500. The summed E-state index contributed by atoms with van der Waals surface area (Å²) >= 11 is 0. The van der Waals surface area contributed by atoms with Crippen molar-refractivity contribution in [1.29, 1.82) is 0 Å². The van der Waals surface area contributed by atoms with Crippen molar-refractivity contribution < 1.29 is 27.5 Å². The lowest BCUT2D eigenvalue weighted by atomic mass is 10.2. The van der Waals surface area contributed by atoms with E-state index in [1.165, 1.54) is 0 Å². The largest absolute Gasteiger partial charge is 0.450 e. The number of nitrogens with one attached hydrogen (secondary N) is 1. The molecule has 0 aliphatic carbocycles. The summed E-state index contributed by atoms with van der Waals surface area (Å²) in [7, 11) is 0. The van der Waals surface area contributed by atoms with Crippen molar-refractivity contribution in [2.24, 2.45) is 0 Å². The number of nitrogens with zero attached hydrogens (tertiary/aromatic N) is 2. The van der Waals surface area contributed by atoms with Crippen LogP contribution >= 0.6 is 0 Å². The topological polar surface area (TPSA) is 61.9 Å². The molecule has 1 fully saturated rings. The Kier molecular flexibility index (Phi) is 6.24. The third kappa shape index (κ3) is 4.41. The molecule has 0 bridgehead atoms. The molecule has 1 aromatic carbocycles. The zero-order valence-electron chi connectivity index (χ0n) is 14.0. The van der Waals surface area contributed by atoms with Gasteiger partial charge in [0.05, 0.1) is 18.3 Å². The number of halogens is 3. The first-order chi connectivity index (χ1) is 11.8. The minimum Gasteiger partial charge on any atom is -0.450 e. The van der Waals surface area contributed by atoms with E-state index >= 15 is 0 Å². The van der Waals surface area contributed by atoms with E-state index in [1.807, 2.05) is 4.90 Å². The number of ether oxygens (including phenoxy) is 1. The molecule has 1 aliphatic heterocycles. The monoisotopic (exact) mass is 359 g/mol. The van der Waals surface area contributed by atoms with Gasteiger partial charge in [-0.3, -0.25) is 9.69 Å². The smallest absolute Gasteiger partial charge is 0.409 e. The van der Waals surface area contributed by atoms with Crippen molar-refractivity contribution in [3.05, 3.63) is 29.6 Å². The Labute approximate surface area is 143 Å². The first kappa shape index (κ1) is 19.0. The Bertz CT molecular complexity index is 649. The Morgan fingerprint density at radius 3 is 2.40 bits per heavy atom. The average molecular weight is 359 g/mol. The first-order valence-corrected chi connectivity index (χ1v) is 7.95. The molecule has 138 valence electrons. The van der Waals surface area contributed by atoms with E-state index in [0.717, 1.165) is 12.1 Å². The number of piperazine rings is 1. The second kappa shape index (κ2) is 8.19. The lowest BCUT2D eigenvalue weighted by Crippen LogP contribution is -2.54. The summed E-state index contributed by atoms with van der Waals surface area (Å²) in [5.41, 5.74) is -0.416. The number of benzene rings is 1. The summed E-state index contributed by atoms with van der Waals surface area (Å²) in [5.74, 6) is -4.94. The highest BCUT2D eigenvalue weighted by Crippen LogP contribution is 2.20. The molecule has 0 aromatic heterocycles. The van der Waals surface area contributed by atoms with Crippen LogP contribution in [0.3, 0.4) is 0 Å². The molecule has 1 aromatic rings. The normalized spacial score (nSPS) is 16.4. The lowest BCUT2D eigenvalue weighted by molar-refractivity contribution is -0.121. The minimum absolute atomic E-state index is 0.289. The molecule has 1 aliphatic rings. The number of hydrogen-bond acceptors (Lipinski definition) is 4. The van der Waals surface area contributed by atoms with Crippen LogP contribution in [0.25, 0.3) is 0 Å². The van der Waals surface area contributed by atoms with Gasteiger partial charge in [-0.05, 0) is 26.0 Å². The number of rotatable bonds is 4. The van der Waals surface area contributed by atoms with Crippen LogP contribution in [0, 0.1) is 17.5 Å². The van der Waals surface area contributed by atoms with Crippen molar-refractivity contribution in [3.63, 3.8) is 0 Å². The Morgan fingerprint density at radius 2 is 1.80 bits per heavy atom. The van der Waals surface area contributed by atoms with E-state index in [1.54, 1.807) is 18.7 Å². The van der Waals surface area contributed by atoms with Crippen LogP contribution in [-0.4, -0.2) is 60.6 Å². The van der Waals surface area contributed by atoms with Crippen molar-refractivity contribution in [2.75, 3.05) is 38.1 Å². The van der Waals surface area contributed by atoms with E-state index in [9.17, 15) is 22.8 Å². The maximum Gasteiger partial charge on any atom is 0.409 e. The SMILES string of the molecule is CCOC(=O)N1CCN([C@@H](C)C(=O)Nc2ccc(F)c(F)c2F)CC1. The Hall–Kier alpha value is -2.29. The maximum absolute atomic E-state index is 13.6. The zero-order chi connectivity index (χ0) is 18.6. The third-order valence-corrected chi connectivity index (χ3v) is 4.06. The fourth-order valence-electron chi connectivity index (χ4n) is 2.53. The fourth-order valence-corrected chi connectivity index (χ4v) is 2.53. The Balaban J connectivity index is 1.93. The minimum atomic E-state index is -1.63. The second-order valence-electron chi connectivity index (χ2n) is 5.61. The van der Waals surface area contributed by atoms with Crippen LogP contribution in [-0.2, 0) is 9.53 Å². The Morgan fingerprint density at radius 1 is 1.16 bits per heavy atom. The van der Waals surface area contributed by atoms with E-state index in [0.29, 0.717) is 26.2 Å². The summed E-state index contributed by atoms with van der Waals surface area (Å²) in [4.78, 5) is 27.2. The number of anilines is 1. The van der Waals surface area contributed by atoms with Crippen LogP contribution in [0.2, 0.25) is 0 Å². The summed E-state index contributed by atoms with van der Waals surface area (Å²) in [5, 5.41) is 2.26. The van der Waals surface area contributed by atoms with Crippen molar-refractivity contribution in [1.82, 2.24) is 9.80 Å². The van der Waals surface area contributed by atoms with Crippen LogP contribution in [0.4, 0.5) is 23.7 Å². The summed E-state index contributed by atoms with van der Waals surface area (Å²) < 4.78 is 44.7. The van der Waals surface area contributed by atoms with E-state index < -0.39 is 41.2 Å². The van der Waals surface area contributed by atoms with Crippen LogP contribution in [0.5, 0.6) is 0 Å². The molecular weight excluding hydrogens is 339 g/mol. The van der Waals surface area contributed by atoms with Gasteiger partial charge in [-0.2, -0.15) is 0 Å². The third-order valence-electron chi connectivity index (χ3n) is 4.06. The van der Waals surface area contributed by atoms with Gasteiger partial charge in [0.2, 0.25) is 5.91 Å². The molecule has 1 saturated heterocycles. The van der Waals surface area contributed by atoms with Gasteiger partial charge in [-0.15, -0.1) is 0 Å². The average Bonchev–Trinajstić information content (AvgIpc) is 2.61. The second-order valence-corrected chi connectivity index (χ2v) is 5.61. The molecule has 0 saturated carbocycles. The van der Waals surface area contributed by atoms with E-state index in [-0.39, 0.29) is 6.61 Å². The van der Waals surface area contributed by atoms with Crippen LogP contribution in [0.15, 0.2) is 12.1 Å². The lowest BCUT2D eigenvalue weighted by Gasteiger charge is -2.36. The molecule has 2 rings (SSSR count). The molecule has 6 nitrogen and oxygen atoms in total. The van der Waals surface area contributed by atoms with Crippen molar-refractivity contribution in [2.45, 2.75) is 19.9 Å². The highest BCUT2D eigenvalue weighted by Gasteiger charge is 2.28. The highest BCUT2D eigenvalue weighted by molar-refractivity contribution is 5.94. The van der Waals surface area contributed by atoms with E-state index in [2.05, 4.69) is 5.32 Å². The molecule has 2 amide bonds. The van der Waals surface area contributed by atoms with Gasteiger partial charge in [-0.1, -0.05) is 0 Å². The van der Waals surface area contributed by atoms with Gasteiger partial charge < -0.3 is 15.0 Å².